The number of benzene rings is 1. The Bertz CT molecular complexity index is 854. The number of aromatic amines is 1. The van der Waals surface area contributed by atoms with Crippen LogP contribution in [-0.2, 0) is 0 Å². The van der Waals surface area contributed by atoms with Crippen molar-refractivity contribution in [3.8, 4) is 5.69 Å². The van der Waals surface area contributed by atoms with Crippen LogP contribution >= 0.6 is 0 Å². The maximum Gasteiger partial charge on any atom is 0.283 e. The van der Waals surface area contributed by atoms with Gasteiger partial charge in [-0.05, 0) is 13.0 Å². The summed E-state index contributed by atoms with van der Waals surface area (Å²) in [6.07, 6.45) is 3.32. The van der Waals surface area contributed by atoms with Gasteiger partial charge in [-0.3, -0.25) is 9.89 Å². The Kier molecular flexibility index (Phi) is 2.90. The third-order valence-corrected chi connectivity index (χ3v) is 3.06. The van der Waals surface area contributed by atoms with E-state index in [0.29, 0.717) is 11.3 Å². The molecule has 2 heterocycles. The van der Waals surface area contributed by atoms with E-state index in [9.17, 15) is 4.79 Å². The van der Waals surface area contributed by atoms with Crippen LogP contribution in [0, 0.1) is 6.92 Å². The highest BCUT2D eigenvalue weighted by molar-refractivity contribution is 6.02. The third kappa shape index (κ3) is 2.22. The minimum absolute atomic E-state index is 0.275. The van der Waals surface area contributed by atoms with Crippen LogP contribution in [0.25, 0.3) is 16.6 Å². The van der Waals surface area contributed by atoms with Gasteiger partial charge >= 0.3 is 0 Å². The van der Waals surface area contributed by atoms with Crippen molar-refractivity contribution in [2.45, 2.75) is 6.92 Å². The number of nitrogens with one attached hydrogen (secondary N) is 1. The fourth-order valence-corrected chi connectivity index (χ4v) is 2.12. The van der Waals surface area contributed by atoms with E-state index in [2.05, 4.69) is 20.3 Å². The smallest absolute Gasteiger partial charge is 0.283 e. The highest BCUT2D eigenvalue weighted by Crippen LogP contribution is 2.20. The summed E-state index contributed by atoms with van der Waals surface area (Å²) in [5.41, 5.74) is 13.0. The SMILES string of the molecule is Cc1nn(-c2cccc3cn[nH]c23)cc1C(=O)N=C(N)N. The Labute approximate surface area is 119 Å². The molecule has 0 aliphatic heterocycles. The maximum absolute atomic E-state index is 11.9. The standard InChI is InChI=1S/C13H13N7O/c1-7-9(12(21)17-13(14)15)6-20(19-7)10-4-2-3-8-5-16-18-11(8)10/h2-6H,1H3,(H,16,18)(H4,14,15,17,21). The highest BCUT2D eigenvalue weighted by Gasteiger charge is 2.15. The largest absolute Gasteiger partial charge is 0.370 e. The number of fused-ring (bicyclic) bond motifs is 1. The van der Waals surface area contributed by atoms with E-state index < -0.39 is 5.91 Å². The fraction of sp³-hybridized carbons (Fsp3) is 0.0769. The summed E-state index contributed by atoms with van der Waals surface area (Å²) in [4.78, 5) is 15.4. The zero-order chi connectivity index (χ0) is 15.0. The molecule has 2 aromatic heterocycles. The number of amides is 1. The molecule has 0 aliphatic rings. The Balaban J connectivity index is 2.11. The molecule has 0 atom stereocenters. The molecule has 3 aromatic rings. The number of hydrogen-bond donors (Lipinski definition) is 3. The molecule has 8 heteroatoms. The van der Waals surface area contributed by atoms with Crippen LogP contribution in [0.4, 0.5) is 0 Å². The lowest BCUT2D eigenvalue weighted by atomic mass is 10.2. The molecule has 1 amide bonds. The summed E-state index contributed by atoms with van der Waals surface area (Å²) >= 11 is 0. The number of nitrogens with zero attached hydrogens (tertiary/aromatic N) is 4. The van der Waals surface area contributed by atoms with Gasteiger partial charge in [0.1, 0.15) is 0 Å². The predicted molar refractivity (Wildman–Crippen MR) is 78.1 cm³/mol. The number of carbonyl (C=O) groups is 1. The van der Waals surface area contributed by atoms with Gasteiger partial charge in [-0.15, -0.1) is 0 Å². The lowest BCUT2D eigenvalue weighted by Gasteiger charge is -2.01. The molecule has 106 valence electrons. The summed E-state index contributed by atoms with van der Waals surface area (Å²) in [6, 6.07) is 5.70. The number of guanidine groups is 1. The van der Waals surface area contributed by atoms with Gasteiger partial charge in [0.15, 0.2) is 5.96 Å². The molecule has 3 rings (SSSR count). The van der Waals surface area contributed by atoms with Gasteiger partial charge < -0.3 is 11.5 Å². The Morgan fingerprint density at radius 1 is 1.38 bits per heavy atom. The normalized spacial score (nSPS) is 10.7. The molecule has 0 radical (unpaired) electrons. The van der Waals surface area contributed by atoms with E-state index in [1.807, 2.05) is 18.2 Å². The zero-order valence-electron chi connectivity index (χ0n) is 11.2. The van der Waals surface area contributed by atoms with Crippen molar-refractivity contribution in [2.75, 3.05) is 0 Å². The first-order valence-corrected chi connectivity index (χ1v) is 6.19. The van der Waals surface area contributed by atoms with Gasteiger partial charge in [-0.25, -0.2) is 4.68 Å². The molecule has 0 aliphatic carbocycles. The average molecular weight is 283 g/mol. The molecular formula is C13H13N7O. The summed E-state index contributed by atoms with van der Waals surface area (Å²) in [5.74, 6) is -0.793. The van der Waals surface area contributed by atoms with Gasteiger partial charge in [0.25, 0.3) is 5.91 Å². The summed E-state index contributed by atoms with van der Waals surface area (Å²) in [5, 5.41) is 12.2. The molecule has 1 aromatic carbocycles. The van der Waals surface area contributed by atoms with Crippen molar-refractivity contribution in [1.29, 1.82) is 0 Å². The van der Waals surface area contributed by atoms with Crippen LogP contribution in [-0.4, -0.2) is 31.8 Å². The van der Waals surface area contributed by atoms with Crippen molar-refractivity contribution in [3.05, 3.63) is 41.9 Å². The molecule has 0 saturated heterocycles. The summed E-state index contributed by atoms with van der Waals surface area (Å²) in [6.45, 7) is 1.72. The molecule has 0 spiro atoms. The van der Waals surface area contributed by atoms with Crippen LogP contribution in [0.5, 0.6) is 0 Å². The van der Waals surface area contributed by atoms with Gasteiger partial charge in [0.05, 0.1) is 28.7 Å². The van der Waals surface area contributed by atoms with Gasteiger partial charge in [-0.1, -0.05) is 12.1 Å². The van der Waals surface area contributed by atoms with Crippen LogP contribution in [0.3, 0.4) is 0 Å². The van der Waals surface area contributed by atoms with E-state index in [-0.39, 0.29) is 5.96 Å². The van der Waals surface area contributed by atoms with Gasteiger partial charge in [-0.2, -0.15) is 15.2 Å². The Morgan fingerprint density at radius 3 is 2.95 bits per heavy atom. The zero-order valence-corrected chi connectivity index (χ0v) is 11.2. The first kappa shape index (κ1) is 12.9. The second kappa shape index (κ2) is 4.75. The number of aliphatic imine (C=N–C) groups is 1. The van der Waals surface area contributed by atoms with Crippen LogP contribution in [0.1, 0.15) is 16.1 Å². The van der Waals surface area contributed by atoms with Crippen LogP contribution in [0.2, 0.25) is 0 Å². The number of rotatable bonds is 2. The molecule has 0 fully saturated rings. The first-order chi connectivity index (χ1) is 10.1. The Hall–Kier alpha value is -3.16. The lowest BCUT2D eigenvalue weighted by Crippen LogP contribution is -2.24. The van der Waals surface area contributed by atoms with E-state index in [4.69, 9.17) is 11.5 Å². The average Bonchev–Trinajstić information content (AvgIpc) is 3.03. The molecule has 0 saturated carbocycles. The molecule has 0 unspecified atom stereocenters. The minimum Gasteiger partial charge on any atom is -0.370 e. The molecule has 21 heavy (non-hydrogen) atoms. The van der Waals surface area contributed by atoms with E-state index in [1.54, 1.807) is 24.0 Å². The minimum atomic E-state index is -0.518. The number of carbonyl (C=O) groups excluding carboxylic acids is 1. The third-order valence-electron chi connectivity index (χ3n) is 3.06. The summed E-state index contributed by atoms with van der Waals surface area (Å²) < 4.78 is 1.60. The number of H-pyrrole nitrogens is 1. The van der Waals surface area contributed by atoms with Gasteiger partial charge in [0, 0.05) is 11.6 Å². The topological polar surface area (TPSA) is 128 Å². The molecule has 0 bridgehead atoms. The van der Waals surface area contributed by atoms with Crippen molar-refractivity contribution >= 4 is 22.8 Å². The second-order valence-corrected chi connectivity index (χ2v) is 4.53. The number of aromatic nitrogens is 4. The fourth-order valence-electron chi connectivity index (χ4n) is 2.12. The predicted octanol–water partition coefficient (Wildman–Crippen LogP) is 0.471. The molecular weight excluding hydrogens is 270 g/mol. The Morgan fingerprint density at radius 2 is 2.19 bits per heavy atom. The first-order valence-electron chi connectivity index (χ1n) is 6.19. The van der Waals surface area contributed by atoms with Crippen molar-refractivity contribution in [2.24, 2.45) is 16.5 Å². The number of hydrogen-bond acceptors (Lipinski definition) is 3. The highest BCUT2D eigenvalue weighted by atomic mass is 16.1. The number of aryl methyl sites for hydroxylation is 1. The van der Waals surface area contributed by atoms with Gasteiger partial charge in [0.2, 0.25) is 0 Å². The molecule has 8 nitrogen and oxygen atoms in total. The van der Waals surface area contributed by atoms with E-state index >= 15 is 0 Å². The van der Waals surface area contributed by atoms with Crippen LogP contribution < -0.4 is 11.5 Å². The van der Waals surface area contributed by atoms with Crippen molar-refractivity contribution in [1.82, 2.24) is 20.0 Å². The van der Waals surface area contributed by atoms with Crippen LogP contribution in [0.15, 0.2) is 35.6 Å². The maximum atomic E-state index is 11.9. The summed E-state index contributed by atoms with van der Waals surface area (Å²) in [7, 11) is 0. The van der Waals surface area contributed by atoms with E-state index in [0.717, 1.165) is 16.6 Å². The second-order valence-electron chi connectivity index (χ2n) is 4.53. The number of nitrogens with two attached hydrogens (primary N) is 2. The van der Waals surface area contributed by atoms with Crippen molar-refractivity contribution < 1.29 is 4.79 Å². The quantitative estimate of drug-likeness (QED) is 0.465. The molecule has 5 N–H and O–H groups in total. The van der Waals surface area contributed by atoms with E-state index in [1.165, 1.54) is 0 Å². The monoisotopic (exact) mass is 283 g/mol. The van der Waals surface area contributed by atoms with Crippen molar-refractivity contribution in [3.63, 3.8) is 0 Å². The number of para-hydroxylation sites is 1. The lowest BCUT2D eigenvalue weighted by molar-refractivity contribution is 0.100.